The van der Waals surface area contributed by atoms with Crippen LogP contribution in [0.25, 0.3) is 5.65 Å². The third-order valence-electron chi connectivity index (χ3n) is 4.20. The second-order valence-electron chi connectivity index (χ2n) is 5.77. The topological polar surface area (TPSA) is 71.3 Å². The lowest BCUT2D eigenvalue weighted by molar-refractivity contribution is -0.117. The zero-order chi connectivity index (χ0) is 14.7. The maximum absolute atomic E-state index is 12.2. The molecular weight excluding hydrogens is 302 g/mol. The SMILES string of the molecule is CC(CC(=O)Nc1ccnc2ccnn12)C1CCCNC1.Cl. The number of hydrogen-bond acceptors (Lipinski definition) is 4. The Balaban J connectivity index is 0.00000176. The Bertz CT molecular complexity index is 623. The van der Waals surface area contributed by atoms with E-state index in [1.165, 1.54) is 12.8 Å². The molecule has 7 heteroatoms. The molecule has 0 saturated carbocycles. The maximum Gasteiger partial charge on any atom is 0.225 e. The highest BCUT2D eigenvalue weighted by Crippen LogP contribution is 2.23. The molecule has 1 amide bonds. The van der Waals surface area contributed by atoms with Gasteiger partial charge in [-0.05, 0) is 43.8 Å². The first-order valence-corrected chi connectivity index (χ1v) is 7.53. The summed E-state index contributed by atoms with van der Waals surface area (Å²) in [6.07, 6.45) is 6.31. The van der Waals surface area contributed by atoms with E-state index < -0.39 is 0 Å². The van der Waals surface area contributed by atoms with Crippen LogP contribution in [0.4, 0.5) is 5.82 Å². The van der Waals surface area contributed by atoms with Crippen LogP contribution in [0.5, 0.6) is 0 Å². The average molecular weight is 324 g/mol. The number of carbonyl (C=O) groups is 1. The first kappa shape index (κ1) is 16.7. The molecule has 0 bridgehead atoms. The van der Waals surface area contributed by atoms with Crippen molar-refractivity contribution in [1.82, 2.24) is 19.9 Å². The molecule has 1 fully saturated rings. The summed E-state index contributed by atoms with van der Waals surface area (Å²) in [5, 5.41) is 10.5. The van der Waals surface area contributed by atoms with Gasteiger partial charge in [-0.3, -0.25) is 4.79 Å². The standard InChI is InChI=1S/C15H21N5O.ClH/c1-11(12-3-2-6-16-10-12)9-15(21)19-14-4-7-17-13-5-8-18-20(13)14;/h4-5,7-8,11-12,16H,2-3,6,9-10H2,1H3,(H,19,21);1H. The van der Waals surface area contributed by atoms with Crippen LogP contribution in [0.15, 0.2) is 24.5 Å². The van der Waals surface area contributed by atoms with Gasteiger partial charge in [0.15, 0.2) is 5.65 Å². The number of anilines is 1. The summed E-state index contributed by atoms with van der Waals surface area (Å²) >= 11 is 0. The van der Waals surface area contributed by atoms with Crippen molar-refractivity contribution >= 4 is 29.8 Å². The minimum atomic E-state index is 0. The average Bonchev–Trinajstić information content (AvgIpc) is 2.97. The number of fused-ring (bicyclic) bond motifs is 1. The highest BCUT2D eigenvalue weighted by atomic mass is 35.5. The van der Waals surface area contributed by atoms with E-state index in [0.29, 0.717) is 24.1 Å². The van der Waals surface area contributed by atoms with Crippen molar-refractivity contribution in [2.45, 2.75) is 26.2 Å². The molecule has 120 valence electrons. The van der Waals surface area contributed by atoms with E-state index in [-0.39, 0.29) is 18.3 Å². The zero-order valence-corrected chi connectivity index (χ0v) is 13.5. The summed E-state index contributed by atoms with van der Waals surface area (Å²) in [6.45, 7) is 4.28. The molecular formula is C15H22ClN5O. The van der Waals surface area contributed by atoms with E-state index in [9.17, 15) is 4.79 Å². The number of halogens is 1. The maximum atomic E-state index is 12.2. The van der Waals surface area contributed by atoms with Crippen LogP contribution in [0.1, 0.15) is 26.2 Å². The molecule has 2 unspecified atom stereocenters. The lowest BCUT2D eigenvalue weighted by Crippen LogP contribution is -2.34. The molecule has 2 N–H and O–H groups in total. The summed E-state index contributed by atoms with van der Waals surface area (Å²) < 4.78 is 1.64. The van der Waals surface area contributed by atoms with E-state index in [4.69, 9.17) is 0 Å². The number of piperidine rings is 1. The Morgan fingerprint density at radius 2 is 2.36 bits per heavy atom. The lowest BCUT2D eigenvalue weighted by atomic mass is 9.85. The lowest BCUT2D eigenvalue weighted by Gasteiger charge is -2.28. The van der Waals surface area contributed by atoms with Gasteiger partial charge in [-0.15, -0.1) is 12.4 Å². The molecule has 1 aliphatic rings. The van der Waals surface area contributed by atoms with Crippen molar-refractivity contribution in [2.75, 3.05) is 18.4 Å². The molecule has 2 atom stereocenters. The first-order chi connectivity index (χ1) is 10.2. The van der Waals surface area contributed by atoms with E-state index in [2.05, 4.69) is 27.6 Å². The van der Waals surface area contributed by atoms with Crippen LogP contribution < -0.4 is 10.6 Å². The molecule has 6 nitrogen and oxygen atoms in total. The summed E-state index contributed by atoms with van der Waals surface area (Å²) in [4.78, 5) is 16.4. The van der Waals surface area contributed by atoms with Gasteiger partial charge in [0, 0.05) is 18.7 Å². The van der Waals surface area contributed by atoms with Gasteiger partial charge in [0.1, 0.15) is 5.82 Å². The fraction of sp³-hybridized carbons (Fsp3) is 0.533. The molecule has 0 aromatic carbocycles. The van der Waals surface area contributed by atoms with Gasteiger partial charge in [-0.2, -0.15) is 9.61 Å². The van der Waals surface area contributed by atoms with Crippen molar-refractivity contribution in [3.63, 3.8) is 0 Å². The molecule has 0 radical (unpaired) electrons. The van der Waals surface area contributed by atoms with E-state index >= 15 is 0 Å². The number of nitrogens with zero attached hydrogens (tertiary/aromatic N) is 3. The molecule has 3 heterocycles. The molecule has 2 aromatic rings. The third kappa shape index (κ3) is 3.75. The molecule has 0 spiro atoms. The van der Waals surface area contributed by atoms with E-state index in [1.54, 1.807) is 23.0 Å². The highest BCUT2D eigenvalue weighted by molar-refractivity contribution is 5.90. The summed E-state index contributed by atoms with van der Waals surface area (Å²) in [5.74, 6) is 1.68. The Morgan fingerprint density at radius 1 is 1.50 bits per heavy atom. The molecule has 1 saturated heterocycles. The van der Waals surface area contributed by atoms with Crippen LogP contribution in [0.2, 0.25) is 0 Å². The predicted molar refractivity (Wildman–Crippen MR) is 88.2 cm³/mol. The zero-order valence-electron chi connectivity index (χ0n) is 12.7. The smallest absolute Gasteiger partial charge is 0.225 e. The normalized spacial score (nSPS) is 19.4. The van der Waals surface area contributed by atoms with Gasteiger partial charge < -0.3 is 10.6 Å². The van der Waals surface area contributed by atoms with Crippen LogP contribution in [-0.4, -0.2) is 33.6 Å². The summed E-state index contributed by atoms with van der Waals surface area (Å²) in [5.41, 5.74) is 0.734. The van der Waals surface area contributed by atoms with E-state index in [1.807, 2.05) is 6.07 Å². The number of rotatable bonds is 4. The second kappa shape index (κ2) is 7.56. The number of nitrogens with one attached hydrogen (secondary N) is 2. The summed E-state index contributed by atoms with van der Waals surface area (Å²) in [7, 11) is 0. The van der Waals surface area contributed by atoms with Gasteiger partial charge in [-0.1, -0.05) is 6.92 Å². The highest BCUT2D eigenvalue weighted by Gasteiger charge is 2.22. The van der Waals surface area contributed by atoms with Gasteiger partial charge >= 0.3 is 0 Å². The molecule has 0 aliphatic carbocycles. The quantitative estimate of drug-likeness (QED) is 0.904. The van der Waals surface area contributed by atoms with Crippen LogP contribution in [0, 0.1) is 11.8 Å². The third-order valence-corrected chi connectivity index (χ3v) is 4.20. The molecule has 3 rings (SSSR count). The minimum Gasteiger partial charge on any atom is -0.316 e. The predicted octanol–water partition coefficient (Wildman–Crippen LogP) is 2.12. The molecule has 2 aromatic heterocycles. The van der Waals surface area contributed by atoms with Crippen molar-refractivity contribution in [3.05, 3.63) is 24.5 Å². The summed E-state index contributed by atoms with van der Waals surface area (Å²) in [6, 6.07) is 3.58. The van der Waals surface area contributed by atoms with Crippen LogP contribution in [-0.2, 0) is 4.79 Å². The van der Waals surface area contributed by atoms with Crippen LogP contribution in [0.3, 0.4) is 0 Å². The molecule has 1 aliphatic heterocycles. The largest absolute Gasteiger partial charge is 0.316 e. The molecule has 22 heavy (non-hydrogen) atoms. The van der Waals surface area contributed by atoms with E-state index in [0.717, 1.165) is 18.7 Å². The number of hydrogen-bond donors (Lipinski definition) is 2. The Morgan fingerprint density at radius 3 is 3.14 bits per heavy atom. The van der Waals surface area contributed by atoms with Gasteiger partial charge in [0.05, 0.1) is 6.20 Å². The minimum absolute atomic E-state index is 0. The number of aromatic nitrogens is 3. The first-order valence-electron chi connectivity index (χ1n) is 7.53. The van der Waals surface area contributed by atoms with Gasteiger partial charge in [0.25, 0.3) is 0 Å². The van der Waals surface area contributed by atoms with Gasteiger partial charge in [0.2, 0.25) is 5.91 Å². The Kier molecular flexibility index (Phi) is 5.74. The second-order valence-corrected chi connectivity index (χ2v) is 5.77. The van der Waals surface area contributed by atoms with Crippen molar-refractivity contribution in [1.29, 1.82) is 0 Å². The van der Waals surface area contributed by atoms with Crippen molar-refractivity contribution in [2.24, 2.45) is 11.8 Å². The van der Waals surface area contributed by atoms with Crippen molar-refractivity contribution in [3.8, 4) is 0 Å². The fourth-order valence-electron chi connectivity index (χ4n) is 2.95. The Labute approximate surface area is 136 Å². The van der Waals surface area contributed by atoms with Crippen LogP contribution >= 0.6 is 12.4 Å². The number of amides is 1. The monoisotopic (exact) mass is 323 g/mol. The number of carbonyl (C=O) groups excluding carboxylic acids is 1. The fourth-order valence-corrected chi connectivity index (χ4v) is 2.95. The Hall–Kier alpha value is -1.66. The van der Waals surface area contributed by atoms with Gasteiger partial charge in [-0.25, -0.2) is 4.98 Å². The van der Waals surface area contributed by atoms with Crippen molar-refractivity contribution < 1.29 is 4.79 Å².